The Bertz CT molecular complexity index is 879. The third-order valence-electron chi connectivity index (χ3n) is 4.61. The molecule has 3 aromatic rings. The fraction of sp³-hybridized carbons (Fsp3) is 0.467. The number of rotatable bonds is 4. The molecule has 9 nitrogen and oxygen atoms in total. The second-order valence-electron chi connectivity index (χ2n) is 6.39. The Hall–Kier alpha value is -2.68. The van der Waals surface area contributed by atoms with Gasteiger partial charge >= 0.3 is 0 Å². The van der Waals surface area contributed by atoms with Crippen molar-refractivity contribution in [3.05, 3.63) is 24.2 Å². The van der Waals surface area contributed by atoms with Gasteiger partial charge in [-0.1, -0.05) is 0 Å². The first-order valence-electron chi connectivity index (χ1n) is 7.89. The van der Waals surface area contributed by atoms with Gasteiger partial charge in [-0.15, -0.1) is 0 Å². The molecule has 0 amide bonds. The van der Waals surface area contributed by atoms with Gasteiger partial charge in [-0.2, -0.15) is 20.2 Å². The van der Waals surface area contributed by atoms with Gasteiger partial charge in [0.05, 0.1) is 29.9 Å². The quantitative estimate of drug-likeness (QED) is 0.641. The molecule has 3 aromatic heterocycles. The fourth-order valence-corrected chi connectivity index (χ4v) is 3.22. The molecule has 0 unspecified atom stereocenters. The van der Waals surface area contributed by atoms with Crippen LogP contribution >= 0.6 is 0 Å². The Kier molecular flexibility index (Phi) is 3.38. The Morgan fingerprint density at radius 3 is 2.71 bits per heavy atom. The monoisotopic (exact) mass is 328 g/mol. The summed E-state index contributed by atoms with van der Waals surface area (Å²) in [6.45, 7) is 0. The summed E-state index contributed by atoms with van der Waals surface area (Å²) in [4.78, 5) is 8.90. The van der Waals surface area contributed by atoms with Crippen LogP contribution in [0, 0.1) is 5.92 Å². The highest BCUT2D eigenvalue weighted by Crippen LogP contribution is 2.39. The minimum absolute atomic E-state index is 0.0211. The van der Waals surface area contributed by atoms with Crippen LogP contribution in [-0.4, -0.2) is 40.7 Å². The van der Waals surface area contributed by atoms with Gasteiger partial charge in [0.15, 0.2) is 5.65 Å². The summed E-state index contributed by atoms with van der Waals surface area (Å²) in [6, 6.07) is -0.0211. The van der Waals surface area contributed by atoms with Crippen LogP contribution in [0.1, 0.15) is 24.4 Å². The van der Waals surface area contributed by atoms with E-state index >= 15 is 0 Å². The van der Waals surface area contributed by atoms with Crippen molar-refractivity contribution in [2.75, 3.05) is 11.1 Å². The van der Waals surface area contributed by atoms with Crippen molar-refractivity contribution in [2.24, 2.45) is 20.0 Å². The van der Waals surface area contributed by atoms with Crippen LogP contribution in [-0.2, 0) is 14.1 Å². The Labute approximate surface area is 138 Å². The molecule has 1 aliphatic rings. The average Bonchev–Trinajstić information content (AvgIpc) is 3.09. The van der Waals surface area contributed by atoms with Crippen molar-refractivity contribution in [3.8, 4) is 0 Å². The van der Waals surface area contributed by atoms with Crippen molar-refractivity contribution in [2.45, 2.75) is 25.0 Å². The van der Waals surface area contributed by atoms with Gasteiger partial charge in [-0.3, -0.25) is 9.36 Å². The highest BCUT2D eigenvalue weighted by atomic mass is 16.3. The second kappa shape index (κ2) is 5.45. The minimum Gasteiger partial charge on any atom is -0.393 e. The maximum Gasteiger partial charge on any atom is 0.227 e. The zero-order valence-corrected chi connectivity index (χ0v) is 13.6. The summed E-state index contributed by atoms with van der Waals surface area (Å²) in [5.74, 6) is 1.16. The van der Waals surface area contributed by atoms with Crippen LogP contribution in [0.25, 0.3) is 11.0 Å². The van der Waals surface area contributed by atoms with Gasteiger partial charge in [-0.25, -0.2) is 0 Å². The molecule has 4 rings (SSSR count). The molecular formula is C15H20N8O. The molecule has 24 heavy (non-hydrogen) atoms. The van der Waals surface area contributed by atoms with E-state index in [9.17, 15) is 5.11 Å². The molecule has 0 aromatic carbocycles. The predicted molar refractivity (Wildman–Crippen MR) is 89.0 cm³/mol. The molecular weight excluding hydrogens is 308 g/mol. The van der Waals surface area contributed by atoms with Gasteiger partial charge in [0.1, 0.15) is 5.82 Å². The number of nitrogens with zero attached hydrogens (tertiary/aromatic N) is 6. The van der Waals surface area contributed by atoms with E-state index < -0.39 is 0 Å². The molecule has 1 saturated carbocycles. The van der Waals surface area contributed by atoms with Crippen molar-refractivity contribution < 1.29 is 5.11 Å². The minimum atomic E-state index is -0.235. The van der Waals surface area contributed by atoms with E-state index in [1.54, 1.807) is 15.6 Å². The molecule has 1 fully saturated rings. The smallest absolute Gasteiger partial charge is 0.227 e. The number of hydrogen-bond acceptors (Lipinski definition) is 7. The topological polar surface area (TPSA) is 120 Å². The van der Waals surface area contributed by atoms with Crippen molar-refractivity contribution in [1.82, 2.24) is 29.5 Å². The lowest BCUT2D eigenvalue weighted by atomic mass is 9.75. The molecule has 9 heteroatoms. The van der Waals surface area contributed by atoms with E-state index in [1.807, 2.05) is 26.5 Å². The normalized spacial score (nSPS) is 21.6. The van der Waals surface area contributed by atoms with Crippen molar-refractivity contribution >= 4 is 22.8 Å². The lowest BCUT2D eigenvalue weighted by molar-refractivity contribution is 0.0338. The van der Waals surface area contributed by atoms with E-state index in [0.29, 0.717) is 23.3 Å². The number of nitrogens with two attached hydrogens (primary N) is 1. The zero-order chi connectivity index (χ0) is 16.8. The highest BCUT2D eigenvalue weighted by Gasteiger charge is 2.36. The number of aromatic nitrogens is 6. The maximum atomic E-state index is 9.67. The summed E-state index contributed by atoms with van der Waals surface area (Å²) in [7, 11) is 3.70. The van der Waals surface area contributed by atoms with Crippen LogP contribution in [0.3, 0.4) is 0 Å². The van der Waals surface area contributed by atoms with Crippen LogP contribution in [0.15, 0.2) is 18.6 Å². The number of aryl methyl sites for hydroxylation is 2. The Morgan fingerprint density at radius 1 is 1.25 bits per heavy atom. The molecule has 3 heterocycles. The van der Waals surface area contributed by atoms with Gasteiger partial charge in [0.2, 0.25) is 5.95 Å². The molecule has 126 valence electrons. The lowest BCUT2D eigenvalue weighted by Gasteiger charge is -2.37. The molecule has 0 bridgehead atoms. The number of hydrogen-bond donors (Lipinski definition) is 3. The molecule has 1 atom stereocenters. The molecule has 1 aliphatic carbocycles. The van der Waals surface area contributed by atoms with Crippen molar-refractivity contribution in [1.29, 1.82) is 0 Å². The van der Waals surface area contributed by atoms with E-state index in [4.69, 9.17) is 5.73 Å². The summed E-state index contributed by atoms with van der Waals surface area (Å²) < 4.78 is 3.43. The second-order valence-corrected chi connectivity index (χ2v) is 6.39. The van der Waals surface area contributed by atoms with Crippen LogP contribution < -0.4 is 11.1 Å². The fourth-order valence-electron chi connectivity index (χ4n) is 3.22. The molecule has 0 aliphatic heterocycles. The maximum absolute atomic E-state index is 9.67. The summed E-state index contributed by atoms with van der Waals surface area (Å²) in [6.07, 6.45) is 6.71. The van der Waals surface area contributed by atoms with Gasteiger partial charge in [-0.05, 0) is 18.8 Å². The standard InChI is InChI=1S/C15H20N8O/c1-22-7-9(5-17-22)12(8-3-10(24)4-8)19-15-20-13(16)11-6-18-23(2)14(11)21-15/h5-8,10,12,24H,3-4H2,1-2H3,(H3,16,19,20,21)/t8?,10?,12-/m1/s1. The number of nitrogens with one attached hydrogen (secondary N) is 1. The van der Waals surface area contributed by atoms with Gasteiger partial charge in [0, 0.05) is 25.9 Å². The average molecular weight is 328 g/mol. The van der Waals surface area contributed by atoms with E-state index in [0.717, 1.165) is 23.8 Å². The molecule has 0 radical (unpaired) electrons. The van der Waals surface area contributed by atoms with Gasteiger partial charge < -0.3 is 16.2 Å². The largest absolute Gasteiger partial charge is 0.393 e. The number of aliphatic hydroxyl groups excluding tert-OH is 1. The lowest BCUT2D eigenvalue weighted by Crippen LogP contribution is -2.36. The first kappa shape index (κ1) is 14.9. The summed E-state index contributed by atoms with van der Waals surface area (Å²) >= 11 is 0. The van der Waals surface area contributed by atoms with Crippen molar-refractivity contribution in [3.63, 3.8) is 0 Å². The predicted octanol–water partition coefficient (Wildman–Crippen LogP) is 0.603. The van der Waals surface area contributed by atoms with E-state index in [1.165, 1.54) is 0 Å². The van der Waals surface area contributed by atoms with Crippen LogP contribution in [0.4, 0.5) is 11.8 Å². The molecule has 4 N–H and O–H groups in total. The van der Waals surface area contributed by atoms with Crippen LogP contribution in [0.2, 0.25) is 0 Å². The molecule has 0 spiro atoms. The molecule has 0 saturated heterocycles. The summed E-state index contributed by atoms with van der Waals surface area (Å²) in [5, 5.41) is 22.2. The summed E-state index contributed by atoms with van der Waals surface area (Å²) in [5.41, 5.74) is 7.76. The Balaban J connectivity index is 1.68. The van der Waals surface area contributed by atoms with Crippen LogP contribution in [0.5, 0.6) is 0 Å². The third-order valence-corrected chi connectivity index (χ3v) is 4.61. The SMILES string of the molecule is Cn1cc([C@H](Nc2nc(N)c3cnn(C)c3n2)C2CC(O)C2)cn1. The van der Waals surface area contributed by atoms with E-state index in [2.05, 4.69) is 25.5 Å². The number of nitrogen functional groups attached to an aromatic ring is 1. The zero-order valence-electron chi connectivity index (χ0n) is 13.6. The van der Waals surface area contributed by atoms with E-state index in [-0.39, 0.29) is 12.1 Å². The third kappa shape index (κ3) is 2.46. The first-order valence-corrected chi connectivity index (χ1v) is 7.89. The Morgan fingerprint density at radius 2 is 2.04 bits per heavy atom. The number of fused-ring (bicyclic) bond motifs is 1. The highest BCUT2D eigenvalue weighted by molar-refractivity contribution is 5.86. The first-order chi connectivity index (χ1) is 11.5. The number of anilines is 2. The van der Waals surface area contributed by atoms with Gasteiger partial charge in [0.25, 0.3) is 0 Å². The number of aliphatic hydroxyl groups is 1.